The highest BCUT2D eigenvalue weighted by Crippen LogP contribution is 2.75. The molecule has 8 heteroatoms. The largest absolute Gasteiger partial charge is 0.462 e. The molecule has 5 aliphatic rings. The third-order valence-corrected chi connectivity index (χ3v) is 14.6. The van der Waals surface area contributed by atoms with Crippen LogP contribution < -0.4 is 5.32 Å². The molecule has 4 fully saturated rings. The first-order chi connectivity index (χ1) is 19.5. The van der Waals surface area contributed by atoms with E-state index in [1.54, 1.807) is 5.51 Å². The number of carbonyl (C=O) groups is 3. The first kappa shape index (κ1) is 30.0. The Labute approximate surface area is 255 Å². The zero-order valence-electron chi connectivity index (χ0n) is 26.8. The molecule has 7 nitrogen and oxygen atoms in total. The van der Waals surface area contributed by atoms with Gasteiger partial charge in [0.25, 0.3) is 0 Å². The lowest BCUT2D eigenvalue weighted by atomic mass is 9.33. The molecular formula is C34H49N3O4S. The van der Waals surface area contributed by atoms with Gasteiger partial charge in [0.05, 0.1) is 0 Å². The van der Waals surface area contributed by atoms with Crippen molar-refractivity contribution in [3.8, 4) is 0 Å². The molecule has 0 aromatic carbocycles. The molecule has 0 radical (unpaired) electrons. The molecule has 5 aliphatic carbocycles. The Hall–Kier alpha value is -2.09. The number of hydrogen-bond acceptors (Lipinski definition) is 7. The number of fused-ring (bicyclic) bond motifs is 7. The van der Waals surface area contributed by atoms with E-state index >= 15 is 0 Å². The van der Waals surface area contributed by atoms with E-state index in [0.717, 1.165) is 57.8 Å². The van der Waals surface area contributed by atoms with Crippen molar-refractivity contribution in [2.24, 2.45) is 50.2 Å². The Morgan fingerprint density at radius 2 is 1.69 bits per heavy atom. The van der Waals surface area contributed by atoms with Gasteiger partial charge in [-0.25, -0.2) is 0 Å². The number of hydrogen-bond donors (Lipinski definition) is 1. The number of ether oxygens (including phenoxy) is 1. The Morgan fingerprint density at radius 3 is 2.36 bits per heavy atom. The Bertz CT molecular complexity index is 1340. The summed E-state index contributed by atoms with van der Waals surface area (Å²) in [7, 11) is 0. The topological polar surface area (TPSA) is 98.2 Å². The molecule has 1 aromatic heterocycles. The maximum Gasteiger partial charge on any atom is 0.302 e. The van der Waals surface area contributed by atoms with Crippen LogP contribution in [-0.4, -0.2) is 34.0 Å². The summed E-state index contributed by atoms with van der Waals surface area (Å²) in [4.78, 5) is 40.2. The predicted molar refractivity (Wildman–Crippen MR) is 164 cm³/mol. The number of allylic oxidation sites excluding steroid dienone is 2. The summed E-state index contributed by atoms with van der Waals surface area (Å²) < 4.78 is 5.86. The molecule has 42 heavy (non-hydrogen) atoms. The van der Waals surface area contributed by atoms with Crippen molar-refractivity contribution < 1.29 is 19.1 Å². The second kappa shape index (κ2) is 9.45. The van der Waals surface area contributed by atoms with Crippen molar-refractivity contribution in [2.75, 3.05) is 5.32 Å². The number of anilines is 1. The third-order valence-electron chi connectivity index (χ3n) is 14.0. The molecule has 230 valence electrons. The number of nitrogens with zero attached hydrogens (tertiary/aromatic N) is 2. The van der Waals surface area contributed by atoms with Crippen molar-refractivity contribution in [1.82, 2.24) is 10.2 Å². The zero-order valence-corrected chi connectivity index (χ0v) is 27.6. The summed E-state index contributed by atoms with van der Waals surface area (Å²) in [5.41, 5.74) is 1.89. The summed E-state index contributed by atoms with van der Waals surface area (Å²) in [6, 6.07) is 0. The first-order valence-corrected chi connectivity index (χ1v) is 16.9. The molecule has 6 rings (SSSR count). The van der Waals surface area contributed by atoms with E-state index in [1.807, 2.05) is 0 Å². The van der Waals surface area contributed by atoms with E-state index in [9.17, 15) is 14.4 Å². The second-order valence-corrected chi connectivity index (χ2v) is 17.2. The summed E-state index contributed by atoms with van der Waals surface area (Å²) in [6.07, 6.45) is 10.5. The molecule has 0 saturated heterocycles. The lowest BCUT2D eigenvalue weighted by molar-refractivity contribution is -0.210. The van der Waals surface area contributed by atoms with Gasteiger partial charge in [0, 0.05) is 23.7 Å². The number of carbonyl (C=O) groups excluding carboxylic acids is 3. The molecule has 4 saturated carbocycles. The van der Waals surface area contributed by atoms with Gasteiger partial charge in [-0.05, 0) is 97.4 Å². The molecule has 1 aromatic rings. The standard InChI is InChI=1S/C34H49N3O4S/c1-20(38)41-25-10-11-32(6)24(29(25,2)3)9-12-34(8)26(32)23(39)17-21-22-18-31(5,27(40)36-28-37-35-19-42-28)14-13-30(22,4)15-16-33(21,34)7/h17,19,22,24-26H,9-16,18H2,1-8H3,(H,36,37,40). The van der Waals surface area contributed by atoms with E-state index in [0.29, 0.717) is 11.0 Å². The van der Waals surface area contributed by atoms with Crippen LogP contribution in [0.25, 0.3) is 0 Å². The minimum absolute atomic E-state index is 0.0141. The number of ketones is 1. The summed E-state index contributed by atoms with van der Waals surface area (Å²) >= 11 is 1.34. The fraction of sp³-hybridized carbons (Fsp3) is 0.794. The molecule has 0 spiro atoms. The van der Waals surface area contributed by atoms with Crippen LogP contribution in [0.15, 0.2) is 17.2 Å². The minimum Gasteiger partial charge on any atom is -0.462 e. The maximum atomic E-state index is 14.6. The molecule has 9 unspecified atom stereocenters. The average molecular weight is 596 g/mol. The van der Waals surface area contributed by atoms with Crippen molar-refractivity contribution in [1.29, 1.82) is 0 Å². The van der Waals surface area contributed by atoms with Gasteiger partial charge >= 0.3 is 5.97 Å². The number of rotatable bonds is 3. The molecule has 9 atom stereocenters. The van der Waals surface area contributed by atoms with E-state index in [2.05, 4.69) is 70.1 Å². The highest BCUT2D eigenvalue weighted by atomic mass is 32.1. The smallest absolute Gasteiger partial charge is 0.302 e. The van der Waals surface area contributed by atoms with Crippen LogP contribution in [0.5, 0.6) is 0 Å². The van der Waals surface area contributed by atoms with Gasteiger partial charge in [-0.1, -0.05) is 65.4 Å². The van der Waals surface area contributed by atoms with Gasteiger partial charge < -0.3 is 10.1 Å². The van der Waals surface area contributed by atoms with E-state index in [4.69, 9.17) is 4.74 Å². The van der Waals surface area contributed by atoms with Crippen LogP contribution >= 0.6 is 11.3 Å². The SMILES string of the molecule is CC(=O)OC1CCC2(C)C(CCC3(C)C2C(=O)C=C2C4CC(C)(C(=O)Nc5nncs5)CCC4(C)CCC23C)C1(C)C. The lowest BCUT2D eigenvalue weighted by Gasteiger charge is -2.70. The quantitative estimate of drug-likeness (QED) is 0.366. The fourth-order valence-electron chi connectivity index (χ4n) is 11.2. The monoisotopic (exact) mass is 595 g/mol. The Morgan fingerprint density at radius 1 is 0.976 bits per heavy atom. The van der Waals surface area contributed by atoms with Gasteiger partial charge in [-0.15, -0.1) is 10.2 Å². The normalized spacial score (nSPS) is 45.8. The number of aromatic nitrogens is 2. The molecule has 0 bridgehead atoms. The highest BCUT2D eigenvalue weighted by Gasteiger charge is 2.70. The number of amides is 1. The third kappa shape index (κ3) is 4.05. The molecule has 1 heterocycles. The van der Waals surface area contributed by atoms with Gasteiger partial charge in [0.15, 0.2) is 5.78 Å². The van der Waals surface area contributed by atoms with E-state index < -0.39 is 5.41 Å². The summed E-state index contributed by atoms with van der Waals surface area (Å²) in [5, 5.41) is 11.5. The van der Waals surface area contributed by atoms with Crippen molar-refractivity contribution in [2.45, 2.75) is 119 Å². The Kier molecular flexibility index (Phi) is 6.74. The second-order valence-electron chi connectivity index (χ2n) is 16.4. The fourth-order valence-corrected chi connectivity index (χ4v) is 11.7. The zero-order chi connectivity index (χ0) is 30.5. The van der Waals surface area contributed by atoms with Crippen LogP contribution in [0.1, 0.15) is 113 Å². The van der Waals surface area contributed by atoms with Gasteiger partial charge in [0.1, 0.15) is 11.6 Å². The van der Waals surface area contributed by atoms with Crippen LogP contribution in [0.4, 0.5) is 5.13 Å². The van der Waals surface area contributed by atoms with Gasteiger partial charge in [-0.3, -0.25) is 14.4 Å². The molecule has 1 N–H and O–H groups in total. The van der Waals surface area contributed by atoms with Crippen molar-refractivity contribution in [3.63, 3.8) is 0 Å². The number of esters is 1. The van der Waals surface area contributed by atoms with Crippen LogP contribution in [-0.2, 0) is 19.1 Å². The summed E-state index contributed by atoms with van der Waals surface area (Å²) in [5.74, 6) is 0.523. The van der Waals surface area contributed by atoms with Crippen LogP contribution in [0, 0.1) is 50.2 Å². The first-order valence-electron chi connectivity index (χ1n) is 16.0. The van der Waals surface area contributed by atoms with Crippen molar-refractivity contribution >= 4 is 34.1 Å². The highest BCUT2D eigenvalue weighted by molar-refractivity contribution is 7.13. The molecule has 1 amide bonds. The van der Waals surface area contributed by atoms with Gasteiger partial charge in [-0.2, -0.15) is 0 Å². The predicted octanol–water partition coefficient (Wildman–Crippen LogP) is 7.39. The van der Waals surface area contributed by atoms with Gasteiger partial charge in [0.2, 0.25) is 11.0 Å². The molecular weight excluding hydrogens is 546 g/mol. The number of nitrogens with one attached hydrogen (secondary N) is 1. The Balaban J connectivity index is 1.36. The summed E-state index contributed by atoms with van der Waals surface area (Å²) in [6.45, 7) is 17.7. The lowest BCUT2D eigenvalue weighted by Crippen LogP contribution is -2.66. The average Bonchev–Trinajstić information content (AvgIpc) is 3.41. The minimum atomic E-state index is -0.529. The van der Waals surface area contributed by atoms with Crippen molar-refractivity contribution in [3.05, 3.63) is 17.2 Å². The van der Waals surface area contributed by atoms with Crippen LogP contribution in [0.3, 0.4) is 0 Å². The van der Waals surface area contributed by atoms with E-state index in [1.165, 1.54) is 23.8 Å². The van der Waals surface area contributed by atoms with E-state index in [-0.39, 0.29) is 62.7 Å². The van der Waals surface area contributed by atoms with Crippen LogP contribution in [0.2, 0.25) is 0 Å². The molecule has 0 aliphatic heterocycles. The maximum absolute atomic E-state index is 14.6.